The molecule has 1 N–H and O–H groups in total. The second kappa shape index (κ2) is 10.0. The Morgan fingerprint density at radius 3 is 2.41 bits per heavy atom. The maximum Gasteiger partial charge on any atom is 0.290 e. The van der Waals surface area contributed by atoms with Gasteiger partial charge in [-0.05, 0) is 66.6 Å². The molecule has 0 spiro atoms. The molecule has 0 fully saturated rings. The van der Waals surface area contributed by atoms with Gasteiger partial charge >= 0.3 is 0 Å². The Bertz CT molecular complexity index is 1500. The molecule has 3 aromatic carbocycles. The molecule has 1 unspecified atom stereocenters. The highest BCUT2D eigenvalue weighted by Gasteiger charge is 2.44. The molecule has 5 rings (SSSR count). The molecule has 0 radical (unpaired) electrons. The van der Waals surface area contributed by atoms with Gasteiger partial charge in [-0.2, -0.15) is 0 Å². The number of Topliss-reactive ketones (excluding diaryl/α,β-unsaturated/α-hetero) is 1. The minimum Gasteiger partial charge on any atom is -0.503 e. The van der Waals surface area contributed by atoms with Crippen molar-refractivity contribution in [2.45, 2.75) is 19.5 Å². The zero-order chi connectivity index (χ0) is 26.1. The number of aliphatic hydroxyl groups is 1. The molecule has 1 amide bonds. The van der Waals surface area contributed by atoms with Crippen LogP contribution in [0.25, 0.3) is 11.0 Å². The van der Waals surface area contributed by atoms with Crippen LogP contribution >= 0.6 is 11.6 Å². The Balaban J connectivity index is 1.56. The van der Waals surface area contributed by atoms with Crippen molar-refractivity contribution < 1.29 is 28.6 Å². The van der Waals surface area contributed by atoms with Crippen molar-refractivity contribution in [1.29, 1.82) is 0 Å². The third-order valence-corrected chi connectivity index (χ3v) is 6.50. The van der Waals surface area contributed by atoms with E-state index < -0.39 is 23.5 Å². The molecule has 0 aliphatic carbocycles. The lowest BCUT2D eigenvalue weighted by Crippen LogP contribution is -2.30. The first-order chi connectivity index (χ1) is 17.9. The first-order valence-corrected chi connectivity index (χ1v) is 12.1. The average Bonchev–Trinajstić information content (AvgIpc) is 3.43. The quantitative estimate of drug-likeness (QED) is 0.277. The summed E-state index contributed by atoms with van der Waals surface area (Å²) in [5.74, 6) is -0.467. The number of carbonyl (C=O) groups is 2. The lowest BCUT2D eigenvalue weighted by molar-refractivity contribution is -0.130. The van der Waals surface area contributed by atoms with E-state index in [2.05, 4.69) is 0 Å². The summed E-state index contributed by atoms with van der Waals surface area (Å²) in [6, 6.07) is 20.1. The maximum absolute atomic E-state index is 13.7. The number of fused-ring (bicyclic) bond motifs is 1. The van der Waals surface area contributed by atoms with E-state index in [-0.39, 0.29) is 17.9 Å². The van der Waals surface area contributed by atoms with Crippen LogP contribution in [0.15, 0.2) is 88.5 Å². The van der Waals surface area contributed by atoms with Crippen LogP contribution in [-0.4, -0.2) is 35.4 Å². The smallest absolute Gasteiger partial charge is 0.290 e. The maximum atomic E-state index is 13.7. The van der Waals surface area contributed by atoms with E-state index in [9.17, 15) is 14.7 Å². The Morgan fingerprint density at radius 1 is 1.03 bits per heavy atom. The SMILES string of the molecule is CCOc1ccc(C2C(C(=O)c3cc4cc(Cl)ccc4o3)=C(O)C(=O)N2Cc2ccc(OC)cc2)cc1. The molecular weight excluding hydrogens is 494 g/mol. The first-order valence-electron chi connectivity index (χ1n) is 11.7. The predicted octanol–water partition coefficient (Wildman–Crippen LogP) is 6.27. The summed E-state index contributed by atoms with van der Waals surface area (Å²) < 4.78 is 16.6. The van der Waals surface area contributed by atoms with Crippen LogP contribution in [0.4, 0.5) is 0 Å². The molecule has 37 heavy (non-hydrogen) atoms. The van der Waals surface area contributed by atoms with E-state index in [0.717, 1.165) is 5.56 Å². The minimum atomic E-state index is -0.838. The fourth-order valence-corrected chi connectivity index (χ4v) is 4.68. The van der Waals surface area contributed by atoms with Gasteiger partial charge in [0.05, 0.1) is 25.3 Å². The van der Waals surface area contributed by atoms with Crippen LogP contribution in [0.5, 0.6) is 11.5 Å². The van der Waals surface area contributed by atoms with Gasteiger partial charge in [0.15, 0.2) is 11.5 Å². The monoisotopic (exact) mass is 517 g/mol. The van der Waals surface area contributed by atoms with Gasteiger partial charge in [-0.25, -0.2) is 0 Å². The van der Waals surface area contributed by atoms with Gasteiger partial charge in [0.2, 0.25) is 5.78 Å². The molecule has 188 valence electrons. The van der Waals surface area contributed by atoms with Crippen LogP contribution in [0.1, 0.15) is 34.6 Å². The second-order valence-corrected chi connectivity index (χ2v) is 9.01. The molecule has 4 aromatic rings. The van der Waals surface area contributed by atoms with Crippen molar-refractivity contribution in [3.05, 3.63) is 106 Å². The molecule has 7 nitrogen and oxygen atoms in total. The molecule has 0 saturated carbocycles. The topological polar surface area (TPSA) is 89.2 Å². The Labute approximate surface area is 218 Å². The number of ether oxygens (including phenoxy) is 2. The van der Waals surface area contributed by atoms with Crippen LogP contribution in [-0.2, 0) is 11.3 Å². The molecule has 1 aliphatic heterocycles. The number of methoxy groups -OCH3 is 1. The van der Waals surface area contributed by atoms with Gasteiger partial charge in [0.25, 0.3) is 5.91 Å². The van der Waals surface area contributed by atoms with E-state index in [1.54, 1.807) is 67.8 Å². The fraction of sp³-hybridized carbons (Fsp3) is 0.172. The lowest BCUT2D eigenvalue weighted by atomic mass is 9.94. The zero-order valence-electron chi connectivity index (χ0n) is 20.2. The molecule has 1 aromatic heterocycles. The summed E-state index contributed by atoms with van der Waals surface area (Å²) in [5.41, 5.74) is 1.89. The number of furan rings is 1. The van der Waals surface area contributed by atoms with E-state index in [4.69, 9.17) is 25.5 Å². The Morgan fingerprint density at radius 2 is 1.73 bits per heavy atom. The summed E-state index contributed by atoms with van der Waals surface area (Å²) in [6.07, 6.45) is 0. The van der Waals surface area contributed by atoms with Gasteiger partial charge in [-0.15, -0.1) is 0 Å². The molecule has 8 heteroatoms. The van der Waals surface area contributed by atoms with Crippen molar-refractivity contribution in [3.8, 4) is 11.5 Å². The van der Waals surface area contributed by atoms with E-state index in [0.29, 0.717) is 39.7 Å². The molecule has 1 atom stereocenters. The predicted molar refractivity (Wildman–Crippen MR) is 139 cm³/mol. The summed E-state index contributed by atoms with van der Waals surface area (Å²) in [7, 11) is 1.58. The number of halogens is 1. The van der Waals surface area contributed by atoms with Crippen LogP contribution in [0.3, 0.4) is 0 Å². The standard InChI is InChI=1S/C29H24ClNO6/c1-3-36-22-11-6-18(7-12-22)26-25(27(32)24-15-19-14-20(30)8-13-23(19)37-24)28(33)29(34)31(26)16-17-4-9-21(35-2)10-5-17/h4-15,26,33H,3,16H2,1-2H3. The highest BCUT2D eigenvalue weighted by Crippen LogP contribution is 2.41. The first kappa shape index (κ1) is 24.5. The number of ketones is 1. The number of carbonyl (C=O) groups excluding carboxylic acids is 2. The fourth-order valence-electron chi connectivity index (χ4n) is 4.49. The van der Waals surface area contributed by atoms with Crippen LogP contribution in [0, 0.1) is 0 Å². The number of benzene rings is 3. The van der Waals surface area contributed by atoms with Crippen molar-refractivity contribution in [1.82, 2.24) is 4.90 Å². The van der Waals surface area contributed by atoms with Crippen molar-refractivity contribution in [3.63, 3.8) is 0 Å². The largest absolute Gasteiger partial charge is 0.503 e. The van der Waals surface area contributed by atoms with Gasteiger partial charge < -0.3 is 23.9 Å². The highest BCUT2D eigenvalue weighted by molar-refractivity contribution is 6.31. The number of amides is 1. The van der Waals surface area contributed by atoms with Crippen molar-refractivity contribution in [2.24, 2.45) is 0 Å². The minimum absolute atomic E-state index is 0.00820. The van der Waals surface area contributed by atoms with E-state index in [1.807, 2.05) is 19.1 Å². The highest BCUT2D eigenvalue weighted by atomic mass is 35.5. The average molecular weight is 518 g/mol. The summed E-state index contributed by atoms with van der Waals surface area (Å²) in [5, 5.41) is 12.1. The summed E-state index contributed by atoms with van der Waals surface area (Å²) >= 11 is 6.09. The van der Waals surface area contributed by atoms with Crippen LogP contribution < -0.4 is 9.47 Å². The third kappa shape index (κ3) is 4.66. The summed E-state index contributed by atoms with van der Waals surface area (Å²) in [6.45, 7) is 2.56. The molecule has 0 saturated heterocycles. The number of hydrogen-bond donors (Lipinski definition) is 1. The van der Waals surface area contributed by atoms with Crippen molar-refractivity contribution >= 4 is 34.3 Å². The van der Waals surface area contributed by atoms with E-state index >= 15 is 0 Å². The Kier molecular flexibility index (Phi) is 6.63. The van der Waals surface area contributed by atoms with Gasteiger partial charge in [-0.1, -0.05) is 35.9 Å². The number of aliphatic hydroxyl groups excluding tert-OH is 1. The summed E-state index contributed by atoms with van der Waals surface area (Å²) in [4.78, 5) is 28.5. The lowest BCUT2D eigenvalue weighted by Gasteiger charge is -2.27. The Hall–Kier alpha value is -4.23. The van der Waals surface area contributed by atoms with Gasteiger partial charge in [0, 0.05) is 17.0 Å². The van der Waals surface area contributed by atoms with Gasteiger partial charge in [-0.3, -0.25) is 9.59 Å². The molecule has 0 bridgehead atoms. The number of rotatable bonds is 8. The van der Waals surface area contributed by atoms with Crippen molar-refractivity contribution in [2.75, 3.05) is 13.7 Å². The van der Waals surface area contributed by atoms with Crippen LogP contribution in [0.2, 0.25) is 5.02 Å². The molecular formula is C29H24ClNO6. The zero-order valence-corrected chi connectivity index (χ0v) is 21.0. The van der Waals surface area contributed by atoms with E-state index in [1.165, 1.54) is 4.90 Å². The normalized spacial score (nSPS) is 15.5. The third-order valence-electron chi connectivity index (χ3n) is 6.27. The number of nitrogens with zero attached hydrogens (tertiary/aromatic N) is 1. The number of hydrogen-bond acceptors (Lipinski definition) is 6. The molecule has 1 aliphatic rings. The molecule has 2 heterocycles. The second-order valence-electron chi connectivity index (χ2n) is 8.57. The van der Waals surface area contributed by atoms with Gasteiger partial charge in [0.1, 0.15) is 17.1 Å².